The van der Waals surface area contributed by atoms with E-state index < -0.39 is 10.0 Å². The van der Waals surface area contributed by atoms with Gasteiger partial charge in [-0.3, -0.25) is 4.72 Å². The molecule has 0 aliphatic rings. The van der Waals surface area contributed by atoms with Crippen molar-refractivity contribution in [2.75, 3.05) is 11.8 Å². The van der Waals surface area contributed by atoms with E-state index in [1.807, 2.05) is 6.07 Å². The Morgan fingerprint density at radius 2 is 2.10 bits per heavy atom. The third-order valence-corrected chi connectivity index (χ3v) is 5.91. The number of thiophene rings is 1. The van der Waals surface area contributed by atoms with Gasteiger partial charge < -0.3 is 4.74 Å². The van der Waals surface area contributed by atoms with Crippen molar-refractivity contribution in [3.05, 3.63) is 39.7 Å². The first-order valence-electron chi connectivity index (χ1n) is 5.32. The predicted molar refractivity (Wildman–Crippen MR) is 80.5 cm³/mol. The summed E-state index contributed by atoms with van der Waals surface area (Å²) in [5.74, 6) is 0.537. The van der Waals surface area contributed by atoms with E-state index in [9.17, 15) is 8.42 Å². The number of nitrogens with one attached hydrogen (secondary N) is 1. The molecule has 8 heteroatoms. The second-order valence-electron chi connectivity index (χ2n) is 3.68. The third kappa shape index (κ3) is 3.12. The van der Waals surface area contributed by atoms with Gasteiger partial charge in [-0.2, -0.15) is 5.26 Å². The smallest absolute Gasteiger partial charge is 0.271 e. The molecule has 0 saturated heterocycles. The van der Waals surface area contributed by atoms with Crippen LogP contribution in [0.3, 0.4) is 0 Å². The molecule has 0 spiro atoms. The quantitative estimate of drug-likeness (QED) is 0.893. The molecule has 1 aromatic heterocycles. The summed E-state index contributed by atoms with van der Waals surface area (Å²) in [5, 5.41) is 8.74. The lowest BCUT2D eigenvalue weighted by Gasteiger charge is -2.09. The summed E-state index contributed by atoms with van der Waals surface area (Å²) in [7, 11) is -2.22. The van der Waals surface area contributed by atoms with Crippen LogP contribution in [0.4, 0.5) is 5.69 Å². The average Bonchev–Trinajstić information content (AvgIpc) is 2.91. The van der Waals surface area contributed by atoms with Crippen LogP contribution in [0.1, 0.15) is 4.88 Å². The summed E-state index contributed by atoms with van der Waals surface area (Å²) >= 11 is 4.19. The van der Waals surface area contributed by atoms with Crippen molar-refractivity contribution < 1.29 is 13.2 Å². The van der Waals surface area contributed by atoms with Crippen molar-refractivity contribution in [3.8, 4) is 11.8 Å². The van der Waals surface area contributed by atoms with Crippen molar-refractivity contribution in [2.45, 2.75) is 4.21 Å². The van der Waals surface area contributed by atoms with E-state index in [4.69, 9.17) is 10.00 Å². The van der Waals surface area contributed by atoms with Crippen molar-refractivity contribution in [1.82, 2.24) is 0 Å². The Morgan fingerprint density at radius 1 is 1.35 bits per heavy atom. The molecule has 0 aliphatic heterocycles. The molecule has 0 aliphatic carbocycles. The number of benzene rings is 1. The van der Waals surface area contributed by atoms with Crippen LogP contribution < -0.4 is 9.46 Å². The molecule has 0 radical (unpaired) electrons. The molecule has 0 atom stereocenters. The molecule has 1 aromatic carbocycles. The summed E-state index contributed by atoms with van der Waals surface area (Å²) in [4.78, 5) is 0.343. The van der Waals surface area contributed by atoms with Gasteiger partial charge in [0, 0.05) is 10.5 Å². The van der Waals surface area contributed by atoms with Crippen LogP contribution in [-0.2, 0) is 10.0 Å². The largest absolute Gasteiger partial charge is 0.497 e. The van der Waals surface area contributed by atoms with Crippen LogP contribution in [0.15, 0.2) is 39.0 Å². The minimum atomic E-state index is -3.72. The van der Waals surface area contributed by atoms with Crippen LogP contribution in [0.2, 0.25) is 0 Å². The van der Waals surface area contributed by atoms with E-state index in [2.05, 4.69) is 20.7 Å². The Bertz CT molecular complexity index is 778. The van der Waals surface area contributed by atoms with Crippen molar-refractivity contribution >= 4 is 43.0 Å². The van der Waals surface area contributed by atoms with E-state index in [-0.39, 0.29) is 4.21 Å². The maximum Gasteiger partial charge on any atom is 0.271 e. The molecular formula is C12H9BrN2O3S2. The van der Waals surface area contributed by atoms with Crippen LogP contribution in [0, 0.1) is 11.3 Å². The fourth-order valence-corrected chi connectivity index (χ4v) is 4.08. The van der Waals surface area contributed by atoms with Crippen molar-refractivity contribution in [3.63, 3.8) is 0 Å². The van der Waals surface area contributed by atoms with E-state index in [1.165, 1.54) is 19.2 Å². The first kappa shape index (κ1) is 14.8. The van der Waals surface area contributed by atoms with Gasteiger partial charge in [0.25, 0.3) is 10.0 Å². The SMILES string of the molecule is COc1ccc(Br)c(NS(=O)(=O)c2ccc(C#N)s2)c1. The number of hydrogen-bond acceptors (Lipinski definition) is 5. The molecule has 5 nitrogen and oxygen atoms in total. The summed E-state index contributed by atoms with van der Waals surface area (Å²) in [5.41, 5.74) is 0.372. The number of nitriles is 1. The number of halogens is 1. The second kappa shape index (κ2) is 5.83. The van der Waals surface area contributed by atoms with Crippen LogP contribution in [-0.4, -0.2) is 15.5 Å². The highest BCUT2D eigenvalue weighted by molar-refractivity contribution is 9.10. The minimum Gasteiger partial charge on any atom is -0.497 e. The Kier molecular flexibility index (Phi) is 4.32. The fourth-order valence-electron chi connectivity index (χ4n) is 1.43. The number of sulfonamides is 1. The highest BCUT2D eigenvalue weighted by Gasteiger charge is 2.18. The second-order valence-corrected chi connectivity index (χ2v) is 7.53. The van der Waals surface area contributed by atoms with E-state index in [0.717, 1.165) is 11.3 Å². The lowest BCUT2D eigenvalue weighted by atomic mass is 10.3. The van der Waals surface area contributed by atoms with Crippen molar-refractivity contribution in [1.29, 1.82) is 5.26 Å². The summed E-state index contributed by atoms with van der Waals surface area (Å²) in [6.07, 6.45) is 0. The Balaban J connectivity index is 2.35. The van der Waals surface area contributed by atoms with Gasteiger partial charge in [0.2, 0.25) is 0 Å². The number of rotatable bonds is 4. The van der Waals surface area contributed by atoms with Gasteiger partial charge in [0.1, 0.15) is 20.9 Å². The Morgan fingerprint density at radius 3 is 2.70 bits per heavy atom. The number of ether oxygens (including phenoxy) is 1. The zero-order valence-corrected chi connectivity index (χ0v) is 13.5. The van der Waals surface area contributed by atoms with Gasteiger partial charge in [-0.1, -0.05) is 0 Å². The standard InChI is InChI=1S/C12H9BrN2O3S2/c1-18-8-2-4-10(13)11(6-8)15-20(16,17)12-5-3-9(7-14)19-12/h2-6,15H,1H3. The molecule has 0 saturated carbocycles. The number of hydrogen-bond donors (Lipinski definition) is 1. The van der Waals surface area contributed by atoms with Gasteiger partial charge in [-0.25, -0.2) is 8.42 Å². The normalized spacial score (nSPS) is 10.8. The number of anilines is 1. The molecule has 2 aromatic rings. The predicted octanol–water partition coefficient (Wildman–Crippen LogP) is 3.19. The zero-order chi connectivity index (χ0) is 14.8. The third-order valence-electron chi connectivity index (χ3n) is 2.37. The Hall–Kier alpha value is -1.56. The molecule has 2 rings (SSSR count). The first-order chi connectivity index (χ1) is 9.46. The fraction of sp³-hybridized carbons (Fsp3) is 0.0833. The lowest BCUT2D eigenvalue weighted by Crippen LogP contribution is -2.11. The molecule has 1 heterocycles. The molecular weight excluding hydrogens is 364 g/mol. The highest BCUT2D eigenvalue weighted by atomic mass is 79.9. The first-order valence-corrected chi connectivity index (χ1v) is 8.42. The lowest BCUT2D eigenvalue weighted by molar-refractivity contribution is 0.415. The topological polar surface area (TPSA) is 79.2 Å². The maximum atomic E-state index is 12.2. The highest BCUT2D eigenvalue weighted by Crippen LogP contribution is 2.30. The van der Waals surface area contributed by atoms with Crippen LogP contribution >= 0.6 is 27.3 Å². The molecule has 0 unspecified atom stereocenters. The Labute approximate surface area is 129 Å². The zero-order valence-electron chi connectivity index (χ0n) is 10.3. The number of methoxy groups -OCH3 is 1. The molecule has 20 heavy (non-hydrogen) atoms. The molecule has 0 fully saturated rings. The molecule has 1 N–H and O–H groups in total. The van der Waals surface area contributed by atoms with E-state index >= 15 is 0 Å². The van der Waals surface area contributed by atoms with Gasteiger partial charge in [0.05, 0.1) is 12.8 Å². The van der Waals surface area contributed by atoms with Gasteiger partial charge in [-0.15, -0.1) is 11.3 Å². The summed E-state index contributed by atoms with van der Waals surface area (Å²) < 4.78 is 32.6. The molecule has 104 valence electrons. The summed E-state index contributed by atoms with van der Waals surface area (Å²) in [6, 6.07) is 9.75. The van der Waals surface area contributed by atoms with Gasteiger partial charge >= 0.3 is 0 Å². The summed E-state index contributed by atoms with van der Waals surface area (Å²) in [6.45, 7) is 0. The minimum absolute atomic E-state index is 0.0868. The van der Waals surface area contributed by atoms with E-state index in [1.54, 1.807) is 18.2 Å². The van der Waals surface area contributed by atoms with Gasteiger partial charge in [0.15, 0.2) is 0 Å². The maximum absolute atomic E-state index is 12.2. The van der Waals surface area contributed by atoms with Crippen LogP contribution in [0.25, 0.3) is 0 Å². The monoisotopic (exact) mass is 372 g/mol. The molecule has 0 amide bonds. The average molecular weight is 373 g/mol. The van der Waals surface area contributed by atoms with Gasteiger partial charge in [-0.05, 0) is 40.2 Å². The molecule has 0 bridgehead atoms. The van der Waals surface area contributed by atoms with Crippen LogP contribution in [0.5, 0.6) is 5.75 Å². The number of nitrogens with zero attached hydrogens (tertiary/aromatic N) is 1. The van der Waals surface area contributed by atoms with E-state index in [0.29, 0.717) is 20.8 Å². The van der Waals surface area contributed by atoms with Crippen molar-refractivity contribution in [2.24, 2.45) is 0 Å².